The van der Waals surface area contributed by atoms with Crippen LogP contribution >= 0.6 is 0 Å². The van der Waals surface area contributed by atoms with Gasteiger partial charge in [0.2, 0.25) is 5.91 Å². The first-order chi connectivity index (χ1) is 9.04. The Morgan fingerprint density at radius 2 is 2.16 bits per heavy atom. The van der Waals surface area contributed by atoms with E-state index in [1.54, 1.807) is 6.07 Å². The number of para-hydroxylation sites is 1. The average molecular weight is 266 g/mol. The number of rotatable bonds is 7. The summed E-state index contributed by atoms with van der Waals surface area (Å²) in [6, 6.07) is 5.50. The molecule has 0 saturated carbocycles. The third-order valence-electron chi connectivity index (χ3n) is 2.60. The van der Waals surface area contributed by atoms with Crippen LogP contribution in [0.2, 0.25) is 0 Å². The Labute approximate surface area is 114 Å². The molecule has 0 aliphatic rings. The van der Waals surface area contributed by atoms with Crippen LogP contribution in [-0.2, 0) is 11.3 Å². The minimum atomic E-state index is 0.0253. The van der Waals surface area contributed by atoms with Gasteiger partial charge >= 0.3 is 0 Å². The summed E-state index contributed by atoms with van der Waals surface area (Å²) in [7, 11) is 1.52. The molecule has 0 aliphatic heterocycles. The first-order valence-electron chi connectivity index (χ1n) is 6.39. The maximum absolute atomic E-state index is 11.4. The Bertz CT molecular complexity index is 419. The molecule has 5 nitrogen and oxygen atoms in total. The normalized spacial score (nSPS) is 10.5. The number of phenols is 1. The number of aromatic hydroxyl groups is 1. The second-order valence-corrected chi connectivity index (χ2v) is 4.62. The zero-order valence-electron chi connectivity index (χ0n) is 11.7. The van der Waals surface area contributed by atoms with Crippen LogP contribution in [0.4, 0.5) is 0 Å². The van der Waals surface area contributed by atoms with Gasteiger partial charge in [0.1, 0.15) is 0 Å². The number of carbonyl (C=O) groups excluding carboxylic acids is 1. The standard InChI is InChI=1S/C14H22N2O3/c1-10(2)16-13(17)7-8-15-9-11-5-4-6-12(19-3)14(11)18/h4-6,10,15,18H,7-9H2,1-3H3,(H,16,17). The molecule has 0 spiro atoms. The Hall–Kier alpha value is -1.75. The smallest absolute Gasteiger partial charge is 0.221 e. The molecule has 0 heterocycles. The molecule has 19 heavy (non-hydrogen) atoms. The molecule has 3 N–H and O–H groups in total. The van der Waals surface area contributed by atoms with Crippen LogP contribution in [0, 0.1) is 0 Å². The van der Waals surface area contributed by atoms with Crippen molar-refractivity contribution >= 4 is 5.91 Å². The van der Waals surface area contributed by atoms with E-state index in [2.05, 4.69) is 10.6 Å². The predicted molar refractivity (Wildman–Crippen MR) is 74.3 cm³/mol. The van der Waals surface area contributed by atoms with Crippen LogP contribution in [-0.4, -0.2) is 30.7 Å². The van der Waals surface area contributed by atoms with Crippen molar-refractivity contribution in [1.82, 2.24) is 10.6 Å². The molecular formula is C14H22N2O3. The lowest BCUT2D eigenvalue weighted by atomic mass is 10.2. The minimum Gasteiger partial charge on any atom is -0.504 e. The van der Waals surface area contributed by atoms with Crippen molar-refractivity contribution in [3.05, 3.63) is 23.8 Å². The van der Waals surface area contributed by atoms with Gasteiger partial charge in [0.25, 0.3) is 0 Å². The quantitative estimate of drug-likeness (QED) is 0.653. The van der Waals surface area contributed by atoms with Gasteiger partial charge < -0.3 is 20.5 Å². The molecule has 1 rings (SSSR count). The van der Waals surface area contributed by atoms with Gasteiger partial charge in [-0.15, -0.1) is 0 Å². The average Bonchev–Trinajstić information content (AvgIpc) is 2.35. The third kappa shape index (κ3) is 5.18. The van der Waals surface area contributed by atoms with Gasteiger partial charge in [-0.25, -0.2) is 0 Å². The van der Waals surface area contributed by atoms with E-state index in [-0.39, 0.29) is 17.7 Å². The molecule has 0 fully saturated rings. The molecule has 5 heteroatoms. The highest BCUT2D eigenvalue weighted by Gasteiger charge is 2.07. The van der Waals surface area contributed by atoms with Crippen molar-refractivity contribution in [2.45, 2.75) is 32.9 Å². The highest BCUT2D eigenvalue weighted by molar-refractivity contribution is 5.76. The van der Waals surface area contributed by atoms with Gasteiger partial charge in [0, 0.05) is 31.1 Å². The van der Waals surface area contributed by atoms with E-state index in [0.717, 1.165) is 5.56 Å². The summed E-state index contributed by atoms with van der Waals surface area (Å²) in [6.45, 7) is 4.92. The second-order valence-electron chi connectivity index (χ2n) is 4.62. The molecule has 106 valence electrons. The van der Waals surface area contributed by atoms with Crippen molar-refractivity contribution in [3.8, 4) is 11.5 Å². The van der Waals surface area contributed by atoms with Gasteiger partial charge in [-0.1, -0.05) is 12.1 Å². The zero-order chi connectivity index (χ0) is 14.3. The fourth-order valence-electron chi connectivity index (χ4n) is 1.69. The van der Waals surface area contributed by atoms with Crippen LogP contribution in [0.15, 0.2) is 18.2 Å². The van der Waals surface area contributed by atoms with Crippen molar-refractivity contribution in [3.63, 3.8) is 0 Å². The number of hydrogen-bond acceptors (Lipinski definition) is 4. The molecule has 0 radical (unpaired) electrons. The van der Waals surface area contributed by atoms with Crippen LogP contribution in [0.5, 0.6) is 11.5 Å². The Morgan fingerprint density at radius 1 is 1.42 bits per heavy atom. The molecule has 0 atom stereocenters. The number of methoxy groups -OCH3 is 1. The van der Waals surface area contributed by atoms with Gasteiger partial charge in [0.05, 0.1) is 7.11 Å². The van der Waals surface area contributed by atoms with E-state index in [0.29, 0.717) is 25.3 Å². The molecule has 0 aliphatic carbocycles. The van der Waals surface area contributed by atoms with Crippen LogP contribution in [0.3, 0.4) is 0 Å². The molecule has 0 saturated heterocycles. The summed E-state index contributed by atoms with van der Waals surface area (Å²) < 4.78 is 5.03. The van der Waals surface area contributed by atoms with E-state index >= 15 is 0 Å². The number of ether oxygens (including phenoxy) is 1. The fourth-order valence-corrected chi connectivity index (χ4v) is 1.69. The SMILES string of the molecule is COc1cccc(CNCCC(=O)NC(C)C)c1O. The lowest BCUT2D eigenvalue weighted by Gasteiger charge is -2.11. The molecule has 0 aromatic heterocycles. The van der Waals surface area contributed by atoms with Crippen molar-refractivity contribution in [2.24, 2.45) is 0 Å². The van der Waals surface area contributed by atoms with Crippen molar-refractivity contribution in [2.75, 3.05) is 13.7 Å². The van der Waals surface area contributed by atoms with Crippen LogP contribution < -0.4 is 15.4 Å². The van der Waals surface area contributed by atoms with Crippen LogP contribution in [0.25, 0.3) is 0 Å². The van der Waals surface area contributed by atoms with E-state index in [9.17, 15) is 9.90 Å². The molecule has 1 aromatic carbocycles. The third-order valence-corrected chi connectivity index (χ3v) is 2.60. The second kappa shape index (κ2) is 7.63. The fraction of sp³-hybridized carbons (Fsp3) is 0.500. The molecular weight excluding hydrogens is 244 g/mol. The highest BCUT2D eigenvalue weighted by Crippen LogP contribution is 2.28. The summed E-state index contributed by atoms with van der Waals surface area (Å²) in [5.41, 5.74) is 0.753. The number of phenolic OH excluding ortho intramolecular Hbond substituents is 1. The van der Waals surface area contributed by atoms with Crippen LogP contribution in [0.1, 0.15) is 25.8 Å². The molecule has 0 bridgehead atoms. The van der Waals surface area contributed by atoms with Crippen molar-refractivity contribution < 1.29 is 14.6 Å². The number of carbonyl (C=O) groups is 1. The minimum absolute atomic E-state index is 0.0253. The lowest BCUT2D eigenvalue weighted by molar-refractivity contribution is -0.121. The highest BCUT2D eigenvalue weighted by atomic mass is 16.5. The summed E-state index contributed by atoms with van der Waals surface area (Å²) in [5.74, 6) is 0.623. The van der Waals surface area contributed by atoms with Crippen molar-refractivity contribution in [1.29, 1.82) is 0 Å². The van der Waals surface area contributed by atoms with E-state index in [1.807, 2.05) is 26.0 Å². The first kappa shape index (κ1) is 15.3. The van der Waals surface area contributed by atoms with Gasteiger partial charge in [-0.2, -0.15) is 0 Å². The number of amides is 1. The molecule has 1 amide bonds. The topological polar surface area (TPSA) is 70.6 Å². The van der Waals surface area contributed by atoms with E-state index in [1.165, 1.54) is 7.11 Å². The largest absolute Gasteiger partial charge is 0.504 e. The van der Waals surface area contributed by atoms with E-state index in [4.69, 9.17) is 4.74 Å². The summed E-state index contributed by atoms with van der Waals surface area (Å²) >= 11 is 0. The monoisotopic (exact) mass is 266 g/mol. The molecule has 0 unspecified atom stereocenters. The Kier molecular flexibility index (Phi) is 6.15. The Balaban J connectivity index is 2.36. The lowest BCUT2D eigenvalue weighted by Crippen LogP contribution is -2.32. The summed E-state index contributed by atoms with van der Waals surface area (Å²) in [5, 5.41) is 15.8. The number of hydrogen-bond donors (Lipinski definition) is 3. The predicted octanol–water partition coefficient (Wildman–Crippen LogP) is 1.41. The van der Waals surface area contributed by atoms with Gasteiger partial charge in [-0.3, -0.25) is 4.79 Å². The molecule has 1 aromatic rings. The Morgan fingerprint density at radius 3 is 2.79 bits per heavy atom. The van der Waals surface area contributed by atoms with Gasteiger partial charge in [0.15, 0.2) is 11.5 Å². The maximum Gasteiger partial charge on any atom is 0.221 e. The summed E-state index contributed by atoms with van der Waals surface area (Å²) in [4.78, 5) is 11.4. The number of nitrogens with one attached hydrogen (secondary N) is 2. The summed E-state index contributed by atoms with van der Waals surface area (Å²) in [6.07, 6.45) is 0.420. The maximum atomic E-state index is 11.4. The van der Waals surface area contributed by atoms with E-state index < -0.39 is 0 Å². The van der Waals surface area contributed by atoms with Gasteiger partial charge in [-0.05, 0) is 19.9 Å². The number of benzene rings is 1. The zero-order valence-corrected chi connectivity index (χ0v) is 11.7. The first-order valence-corrected chi connectivity index (χ1v) is 6.39.